The number of piperidine rings is 1. The van der Waals surface area contributed by atoms with Crippen LogP contribution in [0.3, 0.4) is 0 Å². The maximum atomic E-state index is 14.0. The number of hydrogen-bond donors (Lipinski definition) is 3. The van der Waals surface area contributed by atoms with Gasteiger partial charge in [-0.3, -0.25) is 9.59 Å². The molecule has 0 spiro atoms. The van der Waals surface area contributed by atoms with Gasteiger partial charge in [0.25, 0.3) is 5.91 Å². The van der Waals surface area contributed by atoms with E-state index in [2.05, 4.69) is 30.8 Å². The molecule has 0 bridgehead atoms. The molecule has 1 saturated heterocycles. The van der Waals surface area contributed by atoms with Crippen molar-refractivity contribution in [2.75, 3.05) is 49.8 Å². The van der Waals surface area contributed by atoms with Gasteiger partial charge in [-0.25, -0.2) is 4.98 Å². The Hall–Kier alpha value is -4.39. The number of halogens is 3. The van der Waals surface area contributed by atoms with E-state index in [9.17, 15) is 22.8 Å². The number of likely N-dealkylation sites (N-methyl/N-ethyl adjacent to an activating group) is 1. The topological polar surface area (TPSA) is 112 Å². The first-order valence-electron chi connectivity index (χ1n) is 14.3. The van der Waals surface area contributed by atoms with Crippen LogP contribution in [-0.4, -0.2) is 67.0 Å². The molecule has 234 valence electrons. The third-order valence-electron chi connectivity index (χ3n) is 8.26. The zero-order valence-electron chi connectivity index (χ0n) is 25.3. The molecule has 0 atom stereocenters. The van der Waals surface area contributed by atoms with Crippen LogP contribution in [0.4, 0.5) is 36.3 Å². The molecule has 1 fully saturated rings. The van der Waals surface area contributed by atoms with Crippen LogP contribution in [0.1, 0.15) is 53.7 Å². The number of benzene rings is 2. The fourth-order valence-corrected chi connectivity index (χ4v) is 5.81. The Morgan fingerprint density at radius 1 is 1.14 bits per heavy atom. The SMILES string of the molecule is COc1cc(C(=O)NC2CCN(C)CC2)ccc1Nc1ncc(C(F)(F)F)c(NCc2cccc3c2C(C)(C)C(=O)N3C)n1. The van der Waals surface area contributed by atoms with Crippen molar-refractivity contribution in [3.63, 3.8) is 0 Å². The van der Waals surface area contributed by atoms with Gasteiger partial charge >= 0.3 is 6.18 Å². The summed E-state index contributed by atoms with van der Waals surface area (Å²) in [5.74, 6) is -0.546. The van der Waals surface area contributed by atoms with Crippen LogP contribution in [0, 0.1) is 0 Å². The van der Waals surface area contributed by atoms with Crippen LogP contribution in [0.15, 0.2) is 42.6 Å². The number of likely N-dealkylation sites (tertiary alicyclic amines) is 1. The molecule has 1 aromatic heterocycles. The first kappa shape index (κ1) is 31.0. The monoisotopic (exact) mass is 611 g/mol. The molecule has 10 nitrogen and oxygen atoms in total. The second-order valence-electron chi connectivity index (χ2n) is 11.7. The highest BCUT2D eigenvalue weighted by Crippen LogP contribution is 2.43. The van der Waals surface area contributed by atoms with Crippen molar-refractivity contribution in [1.82, 2.24) is 20.2 Å². The van der Waals surface area contributed by atoms with Crippen LogP contribution in [0.25, 0.3) is 0 Å². The Bertz CT molecular complexity index is 1570. The minimum Gasteiger partial charge on any atom is -0.495 e. The Balaban J connectivity index is 1.37. The van der Waals surface area contributed by atoms with Gasteiger partial charge in [-0.05, 0) is 82.2 Å². The Kier molecular flexibility index (Phi) is 8.43. The van der Waals surface area contributed by atoms with Crippen LogP contribution in [-0.2, 0) is 22.9 Å². The van der Waals surface area contributed by atoms with Crippen molar-refractivity contribution >= 4 is 35.0 Å². The summed E-state index contributed by atoms with van der Waals surface area (Å²) in [5, 5.41) is 8.80. The van der Waals surface area contributed by atoms with Gasteiger partial charge in [0.2, 0.25) is 11.9 Å². The second kappa shape index (κ2) is 11.9. The maximum Gasteiger partial charge on any atom is 0.421 e. The smallest absolute Gasteiger partial charge is 0.421 e. The van der Waals surface area contributed by atoms with E-state index in [4.69, 9.17) is 4.74 Å². The van der Waals surface area contributed by atoms with Gasteiger partial charge in [-0.2, -0.15) is 18.2 Å². The molecular formula is C31H36F3N7O3. The van der Waals surface area contributed by atoms with E-state index in [1.165, 1.54) is 7.11 Å². The molecular weight excluding hydrogens is 575 g/mol. The fourth-order valence-electron chi connectivity index (χ4n) is 5.81. The predicted molar refractivity (Wildman–Crippen MR) is 162 cm³/mol. The van der Waals surface area contributed by atoms with E-state index in [-0.39, 0.29) is 30.3 Å². The standard InChI is InChI=1S/C31H36F3N7O3/c1-30(2)25-19(7-6-8-23(25)41(4)28(30)43)16-35-26-21(31(32,33)34)17-36-29(39-26)38-22-10-9-18(15-24(22)44-5)27(42)37-20-11-13-40(3)14-12-20/h6-10,15,17,20H,11-14,16H2,1-5H3,(H,37,42)(H2,35,36,38,39). The average molecular weight is 612 g/mol. The lowest BCUT2D eigenvalue weighted by atomic mass is 9.83. The number of anilines is 4. The van der Waals surface area contributed by atoms with E-state index in [0.29, 0.717) is 28.8 Å². The number of methoxy groups -OCH3 is 1. The predicted octanol–water partition coefficient (Wildman–Crippen LogP) is 4.94. The molecule has 5 rings (SSSR count). The van der Waals surface area contributed by atoms with E-state index >= 15 is 0 Å². The lowest BCUT2D eigenvalue weighted by Crippen LogP contribution is -2.43. The van der Waals surface area contributed by atoms with Crippen molar-refractivity contribution in [2.24, 2.45) is 0 Å². The number of hydrogen-bond acceptors (Lipinski definition) is 8. The Labute approximate surface area is 254 Å². The minimum atomic E-state index is -4.71. The largest absolute Gasteiger partial charge is 0.495 e. The molecule has 0 saturated carbocycles. The van der Waals surface area contributed by atoms with E-state index in [1.807, 2.05) is 13.1 Å². The number of alkyl halides is 3. The first-order valence-corrected chi connectivity index (χ1v) is 14.3. The van der Waals surface area contributed by atoms with Gasteiger partial charge in [0.05, 0.1) is 18.2 Å². The summed E-state index contributed by atoms with van der Waals surface area (Å²) in [5.41, 5.74) is 1.06. The van der Waals surface area contributed by atoms with Crippen LogP contribution >= 0.6 is 0 Å². The van der Waals surface area contributed by atoms with E-state index in [0.717, 1.165) is 37.2 Å². The van der Waals surface area contributed by atoms with Gasteiger partial charge in [-0.1, -0.05) is 12.1 Å². The third kappa shape index (κ3) is 6.14. The molecule has 0 unspecified atom stereocenters. The van der Waals surface area contributed by atoms with Crippen LogP contribution in [0.2, 0.25) is 0 Å². The highest BCUT2D eigenvalue weighted by atomic mass is 19.4. The van der Waals surface area contributed by atoms with Gasteiger partial charge < -0.3 is 30.5 Å². The molecule has 44 heavy (non-hydrogen) atoms. The molecule has 0 aliphatic carbocycles. The number of carbonyl (C=O) groups excluding carboxylic acids is 2. The van der Waals surface area contributed by atoms with Gasteiger partial charge in [0.1, 0.15) is 17.1 Å². The summed E-state index contributed by atoms with van der Waals surface area (Å²) in [6.07, 6.45) is -2.28. The number of rotatable bonds is 8. The quantitative estimate of drug-likeness (QED) is 0.329. The normalized spacial score (nSPS) is 16.9. The lowest BCUT2D eigenvalue weighted by molar-refractivity contribution is -0.137. The number of ether oxygens (including phenoxy) is 1. The molecule has 3 aromatic rings. The highest BCUT2D eigenvalue weighted by molar-refractivity contribution is 6.07. The number of fused-ring (bicyclic) bond motifs is 1. The number of nitrogens with zero attached hydrogens (tertiary/aromatic N) is 4. The molecule has 2 aromatic carbocycles. The Morgan fingerprint density at radius 3 is 2.55 bits per heavy atom. The maximum absolute atomic E-state index is 14.0. The molecule has 2 aliphatic rings. The molecule has 0 radical (unpaired) electrons. The summed E-state index contributed by atoms with van der Waals surface area (Å²) >= 11 is 0. The zero-order valence-corrected chi connectivity index (χ0v) is 25.3. The van der Waals surface area contributed by atoms with E-state index in [1.54, 1.807) is 56.1 Å². The van der Waals surface area contributed by atoms with Gasteiger partial charge in [0.15, 0.2) is 0 Å². The lowest BCUT2D eigenvalue weighted by Gasteiger charge is -2.29. The van der Waals surface area contributed by atoms with Crippen LogP contribution < -0.4 is 25.6 Å². The molecule has 13 heteroatoms. The van der Waals surface area contributed by atoms with E-state index < -0.39 is 23.0 Å². The molecule has 2 amide bonds. The molecule has 3 N–H and O–H groups in total. The fraction of sp³-hybridized carbons (Fsp3) is 0.419. The number of aromatic nitrogens is 2. The average Bonchev–Trinajstić information content (AvgIpc) is 3.17. The minimum absolute atomic E-state index is 0.00231. The number of nitrogens with one attached hydrogen (secondary N) is 3. The zero-order chi connectivity index (χ0) is 31.8. The molecule has 3 heterocycles. The van der Waals surface area contributed by atoms with Crippen molar-refractivity contribution in [3.8, 4) is 5.75 Å². The summed E-state index contributed by atoms with van der Waals surface area (Å²) < 4.78 is 47.3. The van der Waals surface area contributed by atoms with Crippen molar-refractivity contribution in [1.29, 1.82) is 0 Å². The second-order valence-corrected chi connectivity index (χ2v) is 11.7. The highest BCUT2D eigenvalue weighted by Gasteiger charge is 2.43. The Morgan fingerprint density at radius 2 is 1.86 bits per heavy atom. The summed E-state index contributed by atoms with van der Waals surface area (Å²) in [4.78, 5) is 37.5. The summed E-state index contributed by atoms with van der Waals surface area (Å²) in [6.45, 7) is 5.41. The molecule has 2 aliphatic heterocycles. The summed E-state index contributed by atoms with van der Waals surface area (Å²) in [7, 11) is 5.16. The van der Waals surface area contributed by atoms with Crippen molar-refractivity contribution in [3.05, 3.63) is 64.8 Å². The summed E-state index contributed by atoms with van der Waals surface area (Å²) in [6, 6.07) is 10.2. The van der Waals surface area contributed by atoms with Crippen molar-refractivity contribution < 1.29 is 27.5 Å². The third-order valence-corrected chi connectivity index (χ3v) is 8.26. The van der Waals surface area contributed by atoms with Crippen LogP contribution in [0.5, 0.6) is 5.75 Å². The first-order chi connectivity index (χ1) is 20.8. The number of carbonyl (C=O) groups is 2. The van der Waals surface area contributed by atoms with Gasteiger partial charge in [0, 0.05) is 37.1 Å². The number of amides is 2. The van der Waals surface area contributed by atoms with Gasteiger partial charge in [-0.15, -0.1) is 0 Å². The van der Waals surface area contributed by atoms with Crippen molar-refractivity contribution in [2.45, 2.75) is 50.9 Å².